The van der Waals surface area contributed by atoms with Crippen LogP contribution in [-0.2, 0) is 7.05 Å². The molecule has 21 heavy (non-hydrogen) atoms. The Morgan fingerprint density at radius 1 is 1.48 bits per heavy atom. The summed E-state index contributed by atoms with van der Waals surface area (Å²) >= 11 is 1.42. The number of aryl methyl sites for hydroxylation is 2. The quantitative estimate of drug-likeness (QED) is 0.892. The van der Waals surface area contributed by atoms with Gasteiger partial charge < -0.3 is 5.32 Å². The number of rotatable bonds is 5. The van der Waals surface area contributed by atoms with Crippen molar-refractivity contribution in [3.05, 3.63) is 29.0 Å². The van der Waals surface area contributed by atoms with Gasteiger partial charge in [-0.25, -0.2) is 9.78 Å². The summed E-state index contributed by atoms with van der Waals surface area (Å²) < 4.78 is 1.86. The second-order valence-electron chi connectivity index (χ2n) is 5.36. The summed E-state index contributed by atoms with van der Waals surface area (Å²) in [6.07, 6.45) is 1.78. The Kier molecular flexibility index (Phi) is 4.95. The van der Waals surface area contributed by atoms with E-state index in [0.29, 0.717) is 17.6 Å². The Hall–Kier alpha value is -1.89. The van der Waals surface area contributed by atoms with E-state index in [0.717, 1.165) is 11.4 Å². The molecule has 0 radical (unpaired) electrons. The van der Waals surface area contributed by atoms with Gasteiger partial charge in [0.15, 0.2) is 5.13 Å². The van der Waals surface area contributed by atoms with E-state index in [2.05, 4.69) is 34.6 Å². The van der Waals surface area contributed by atoms with Crippen molar-refractivity contribution in [1.29, 1.82) is 0 Å². The minimum Gasteiger partial charge on any atom is -0.337 e. The molecular formula is C14H21N5OS. The number of nitrogens with zero attached hydrogens (tertiary/aromatic N) is 3. The van der Waals surface area contributed by atoms with E-state index in [1.165, 1.54) is 11.3 Å². The number of anilines is 1. The zero-order valence-electron chi connectivity index (χ0n) is 12.8. The van der Waals surface area contributed by atoms with Crippen molar-refractivity contribution in [2.24, 2.45) is 13.0 Å². The number of carbonyl (C=O) groups is 1. The van der Waals surface area contributed by atoms with Gasteiger partial charge in [0.25, 0.3) is 0 Å². The summed E-state index contributed by atoms with van der Waals surface area (Å²) in [7, 11) is 1.92. The third-order valence-electron chi connectivity index (χ3n) is 3.37. The van der Waals surface area contributed by atoms with Gasteiger partial charge in [-0.2, -0.15) is 5.10 Å². The zero-order valence-corrected chi connectivity index (χ0v) is 13.6. The standard InChI is InChI=1S/C14H21N5OS/c1-9(2)11(12-5-6-16-19(12)4)7-15-13(20)18-14-17-10(3)8-21-14/h5-6,8-9,11H,7H2,1-4H3,(H2,15,17,18,20)/t11-/m1/s1. The van der Waals surface area contributed by atoms with E-state index in [1.54, 1.807) is 6.20 Å². The molecule has 0 aromatic carbocycles. The zero-order chi connectivity index (χ0) is 15.4. The van der Waals surface area contributed by atoms with Gasteiger partial charge in [0.1, 0.15) is 0 Å². The molecule has 0 spiro atoms. The predicted octanol–water partition coefficient (Wildman–Crippen LogP) is 2.75. The van der Waals surface area contributed by atoms with Crippen molar-refractivity contribution in [3.63, 3.8) is 0 Å². The van der Waals surface area contributed by atoms with Crippen LogP contribution in [0.5, 0.6) is 0 Å². The van der Waals surface area contributed by atoms with Gasteiger partial charge in [-0.1, -0.05) is 13.8 Å². The van der Waals surface area contributed by atoms with Gasteiger partial charge in [0.2, 0.25) is 0 Å². The molecule has 0 bridgehead atoms. The Balaban J connectivity index is 1.93. The van der Waals surface area contributed by atoms with E-state index in [1.807, 2.05) is 30.1 Å². The van der Waals surface area contributed by atoms with Gasteiger partial charge >= 0.3 is 6.03 Å². The van der Waals surface area contributed by atoms with Crippen LogP contribution in [0.25, 0.3) is 0 Å². The summed E-state index contributed by atoms with van der Waals surface area (Å²) in [4.78, 5) is 16.1. The van der Waals surface area contributed by atoms with Crippen molar-refractivity contribution in [2.45, 2.75) is 26.7 Å². The van der Waals surface area contributed by atoms with E-state index < -0.39 is 0 Å². The van der Waals surface area contributed by atoms with Crippen LogP contribution in [-0.4, -0.2) is 27.3 Å². The van der Waals surface area contributed by atoms with Crippen molar-refractivity contribution >= 4 is 22.5 Å². The normalized spacial score (nSPS) is 12.4. The van der Waals surface area contributed by atoms with E-state index >= 15 is 0 Å². The molecular weight excluding hydrogens is 286 g/mol. The highest BCUT2D eigenvalue weighted by molar-refractivity contribution is 7.13. The fourth-order valence-electron chi connectivity index (χ4n) is 2.18. The molecule has 0 aliphatic rings. The van der Waals surface area contributed by atoms with E-state index in [-0.39, 0.29) is 11.9 Å². The second kappa shape index (κ2) is 6.71. The second-order valence-corrected chi connectivity index (χ2v) is 6.22. The molecule has 2 N–H and O–H groups in total. The average Bonchev–Trinajstić information content (AvgIpc) is 2.99. The number of nitrogens with one attached hydrogen (secondary N) is 2. The number of carbonyl (C=O) groups excluding carboxylic acids is 1. The van der Waals surface area contributed by atoms with Crippen LogP contribution in [0.1, 0.15) is 31.2 Å². The fraction of sp³-hybridized carbons (Fsp3) is 0.500. The molecule has 2 aromatic rings. The number of hydrogen-bond donors (Lipinski definition) is 2. The number of aromatic nitrogens is 3. The Bertz CT molecular complexity index is 604. The lowest BCUT2D eigenvalue weighted by Gasteiger charge is -2.21. The predicted molar refractivity (Wildman–Crippen MR) is 84.7 cm³/mol. The first-order valence-corrected chi connectivity index (χ1v) is 7.80. The smallest absolute Gasteiger partial charge is 0.321 e. The largest absolute Gasteiger partial charge is 0.337 e. The summed E-state index contributed by atoms with van der Waals surface area (Å²) in [6.45, 7) is 6.74. The van der Waals surface area contributed by atoms with E-state index in [4.69, 9.17) is 0 Å². The summed E-state index contributed by atoms with van der Waals surface area (Å²) in [5, 5.41) is 12.4. The topological polar surface area (TPSA) is 71.8 Å². The molecule has 0 aliphatic heterocycles. The maximum absolute atomic E-state index is 11.9. The molecule has 0 fully saturated rings. The number of urea groups is 1. The Morgan fingerprint density at radius 2 is 2.24 bits per heavy atom. The van der Waals surface area contributed by atoms with Gasteiger partial charge in [0.05, 0.1) is 5.69 Å². The monoisotopic (exact) mass is 307 g/mol. The van der Waals surface area contributed by atoms with Crippen molar-refractivity contribution < 1.29 is 4.79 Å². The highest BCUT2D eigenvalue weighted by Gasteiger charge is 2.19. The highest BCUT2D eigenvalue weighted by Crippen LogP contribution is 2.23. The summed E-state index contributed by atoms with van der Waals surface area (Å²) in [5.41, 5.74) is 2.03. The van der Waals surface area contributed by atoms with Crippen molar-refractivity contribution in [2.75, 3.05) is 11.9 Å². The third-order valence-corrected chi connectivity index (χ3v) is 4.24. The van der Waals surface area contributed by atoms with Crippen LogP contribution in [0.2, 0.25) is 0 Å². The molecule has 2 heterocycles. The summed E-state index contributed by atoms with van der Waals surface area (Å²) in [5.74, 6) is 0.629. The first kappa shape index (κ1) is 15.5. The Labute approximate surface area is 128 Å². The average molecular weight is 307 g/mol. The van der Waals surface area contributed by atoms with Crippen LogP contribution in [0, 0.1) is 12.8 Å². The van der Waals surface area contributed by atoms with Crippen LogP contribution < -0.4 is 10.6 Å². The maximum atomic E-state index is 11.9. The molecule has 0 aliphatic carbocycles. The van der Waals surface area contributed by atoms with Crippen molar-refractivity contribution in [1.82, 2.24) is 20.1 Å². The van der Waals surface area contributed by atoms with Crippen molar-refractivity contribution in [3.8, 4) is 0 Å². The van der Waals surface area contributed by atoms with Gasteiger partial charge in [-0.05, 0) is 18.9 Å². The SMILES string of the molecule is Cc1csc(NC(=O)NC[C@@H](c2ccnn2C)C(C)C)n1. The van der Waals surface area contributed by atoms with Gasteiger partial charge in [0, 0.05) is 36.8 Å². The molecule has 2 rings (SSSR count). The number of hydrogen-bond acceptors (Lipinski definition) is 4. The van der Waals surface area contributed by atoms with Crippen LogP contribution >= 0.6 is 11.3 Å². The fourth-order valence-corrected chi connectivity index (χ4v) is 2.87. The molecule has 6 nitrogen and oxygen atoms in total. The minimum absolute atomic E-state index is 0.223. The molecule has 7 heteroatoms. The first-order chi connectivity index (χ1) is 9.97. The molecule has 2 aromatic heterocycles. The van der Waals surface area contributed by atoms with Crippen LogP contribution in [0.4, 0.5) is 9.93 Å². The lowest BCUT2D eigenvalue weighted by atomic mass is 9.92. The molecule has 114 valence electrons. The minimum atomic E-state index is -0.225. The summed E-state index contributed by atoms with van der Waals surface area (Å²) in [6, 6.07) is 1.77. The lowest BCUT2D eigenvalue weighted by Crippen LogP contribution is -2.34. The molecule has 0 unspecified atom stereocenters. The number of amides is 2. The third kappa shape index (κ3) is 4.04. The molecule has 0 saturated heterocycles. The lowest BCUT2D eigenvalue weighted by molar-refractivity contribution is 0.250. The molecule has 1 atom stereocenters. The van der Waals surface area contributed by atoms with Crippen LogP contribution in [0.15, 0.2) is 17.6 Å². The Morgan fingerprint density at radius 3 is 2.76 bits per heavy atom. The van der Waals surface area contributed by atoms with Gasteiger partial charge in [-0.15, -0.1) is 11.3 Å². The highest BCUT2D eigenvalue weighted by atomic mass is 32.1. The molecule has 0 saturated carbocycles. The van der Waals surface area contributed by atoms with Gasteiger partial charge in [-0.3, -0.25) is 10.00 Å². The van der Waals surface area contributed by atoms with Crippen LogP contribution in [0.3, 0.4) is 0 Å². The number of thiazole rings is 1. The maximum Gasteiger partial charge on any atom is 0.321 e. The molecule has 2 amide bonds. The van der Waals surface area contributed by atoms with E-state index in [9.17, 15) is 4.79 Å². The first-order valence-electron chi connectivity index (χ1n) is 6.92.